The molecule has 1 atom stereocenters. The van der Waals surface area contributed by atoms with E-state index in [0.29, 0.717) is 12.8 Å². The lowest BCUT2D eigenvalue weighted by atomic mass is 9.72. The van der Waals surface area contributed by atoms with E-state index in [2.05, 4.69) is 24.0 Å². The normalized spacial score (nSPS) is 28.2. The molecule has 1 amide bonds. The standard InChI is InChI=1S/C15H28N4O2/c1-12-11-18(2)9-6-10-19(12)14(20)15(13(16)17-21)7-4-3-5-8-15/h12,21H,3-11H2,1-2H3,(H2,16,17). The number of likely N-dealkylation sites (N-methyl/N-ethyl adjacent to an activating group) is 1. The van der Waals surface area contributed by atoms with E-state index < -0.39 is 5.41 Å². The Morgan fingerprint density at radius 2 is 1.90 bits per heavy atom. The molecule has 1 aliphatic carbocycles. The third-order valence-corrected chi connectivity index (χ3v) is 5.02. The van der Waals surface area contributed by atoms with Gasteiger partial charge in [0.25, 0.3) is 0 Å². The summed E-state index contributed by atoms with van der Waals surface area (Å²) >= 11 is 0. The molecule has 2 rings (SSSR count). The van der Waals surface area contributed by atoms with Gasteiger partial charge in [-0.15, -0.1) is 0 Å². The molecule has 1 heterocycles. The number of hydrogen-bond acceptors (Lipinski definition) is 4. The molecule has 0 spiro atoms. The van der Waals surface area contributed by atoms with Crippen molar-refractivity contribution in [3.05, 3.63) is 0 Å². The Morgan fingerprint density at radius 3 is 2.52 bits per heavy atom. The summed E-state index contributed by atoms with van der Waals surface area (Å²) < 4.78 is 0. The molecule has 0 aromatic heterocycles. The Balaban J connectivity index is 2.25. The van der Waals surface area contributed by atoms with E-state index in [4.69, 9.17) is 10.9 Å². The van der Waals surface area contributed by atoms with Crippen molar-refractivity contribution in [1.82, 2.24) is 9.80 Å². The van der Waals surface area contributed by atoms with Crippen LogP contribution in [0.5, 0.6) is 0 Å². The molecule has 6 heteroatoms. The molecule has 1 aliphatic heterocycles. The monoisotopic (exact) mass is 296 g/mol. The van der Waals surface area contributed by atoms with Crippen molar-refractivity contribution in [2.24, 2.45) is 16.3 Å². The molecule has 0 bridgehead atoms. The summed E-state index contributed by atoms with van der Waals surface area (Å²) in [6, 6.07) is 0.162. The van der Waals surface area contributed by atoms with Gasteiger partial charge in [0.2, 0.25) is 5.91 Å². The number of carbonyl (C=O) groups is 1. The largest absolute Gasteiger partial charge is 0.409 e. The smallest absolute Gasteiger partial charge is 0.236 e. The van der Waals surface area contributed by atoms with Gasteiger partial charge in [-0.1, -0.05) is 24.4 Å². The second kappa shape index (κ2) is 6.64. The van der Waals surface area contributed by atoms with Gasteiger partial charge in [0.1, 0.15) is 5.41 Å². The first-order valence-electron chi connectivity index (χ1n) is 7.99. The van der Waals surface area contributed by atoms with Gasteiger partial charge in [-0.05, 0) is 39.8 Å². The zero-order chi connectivity index (χ0) is 15.5. The van der Waals surface area contributed by atoms with Crippen LogP contribution in [0.2, 0.25) is 0 Å². The summed E-state index contributed by atoms with van der Waals surface area (Å²) in [5.74, 6) is 0.150. The summed E-state index contributed by atoms with van der Waals surface area (Å²) in [4.78, 5) is 17.4. The summed E-state index contributed by atoms with van der Waals surface area (Å²) in [5, 5.41) is 12.3. The third kappa shape index (κ3) is 3.15. The molecule has 0 radical (unpaired) electrons. The predicted molar refractivity (Wildman–Crippen MR) is 82.2 cm³/mol. The van der Waals surface area contributed by atoms with Crippen LogP contribution >= 0.6 is 0 Å². The molecule has 1 saturated carbocycles. The number of amidine groups is 1. The van der Waals surface area contributed by atoms with Crippen molar-refractivity contribution in [2.75, 3.05) is 26.7 Å². The lowest BCUT2D eigenvalue weighted by molar-refractivity contribution is -0.141. The topological polar surface area (TPSA) is 82.2 Å². The minimum Gasteiger partial charge on any atom is -0.409 e. The molecule has 0 aromatic rings. The van der Waals surface area contributed by atoms with E-state index in [9.17, 15) is 4.79 Å². The summed E-state index contributed by atoms with van der Waals surface area (Å²) in [6.07, 6.45) is 5.40. The van der Waals surface area contributed by atoms with Crippen LogP contribution in [0.15, 0.2) is 5.16 Å². The highest BCUT2D eigenvalue weighted by atomic mass is 16.4. The van der Waals surface area contributed by atoms with Crippen LogP contribution in [-0.4, -0.2) is 59.5 Å². The average Bonchev–Trinajstić information content (AvgIpc) is 2.66. The molecular formula is C15H28N4O2. The van der Waals surface area contributed by atoms with Gasteiger partial charge in [-0.3, -0.25) is 4.79 Å². The zero-order valence-corrected chi connectivity index (χ0v) is 13.2. The van der Waals surface area contributed by atoms with Crippen molar-refractivity contribution in [2.45, 2.75) is 51.5 Å². The fourth-order valence-electron chi connectivity index (χ4n) is 3.78. The van der Waals surface area contributed by atoms with Gasteiger partial charge in [0.15, 0.2) is 5.84 Å². The number of rotatable bonds is 2. The van der Waals surface area contributed by atoms with Crippen LogP contribution in [0.3, 0.4) is 0 Å². The summed E-state index contributed by atoms with van der Waals surface area (Å²) in [7, 11) is 2.09. The highest BCUT2D eigenvalue weighted by Gasteiger charge is 2.47. The van der Waals surface area contributed by atoms with Crippen molar-refractivity contribution in [3.63, 3.8) is 0 Å². The number of amides is 1. The van der Waals surface area contributed by atoms with Crippen molar-refractivity contribution in [3.8, 4) is 0 Å². The maximum atomic E-state index is 13.2. The number of nitrogens with zero attached hydrogens (tertiary/aromatic N) is 3. The summed E-state index contributed by atoms with van der Waals surface area (Å²) in [5.41, 5.74) is 5.16. The van der Waals surface area contributed by atoms with Crippen LogP contribution in [-0.2, 0) is 4.79 Å². The Kier molecular flexibility index (Phi) is 5.08. The van der Waals surface area contributed by atoms with Gasteiger partial charge in [0, 0.05) is 19.1 Å². The molecule has 120 valence electrons. The fourth-order valence-corrected chi connectivity index (χ4v) is 3.78. The first-order valence-corrected chi connectivity index (χ1v) is 7.99. The highest BCUT2D eigenvalue weighted by molar-refractivity contribution is 6.06. The molecule has 3 N–H and O–H groups in total. The SMILES string of the molecule is CC1CN(C)CCCN1C(=O)C1(C(N)=NO)CCCCC1. The highest BCUT2D eigenvalue weighted by Crippen LogP contribution is 2.39. The van der Waals surface area contributed by atoms with E-state index in [0.717, 1.165) is 45.3 Å². The molecular weight excluding hydrogens is 268 g/mol. The molecule has 6 nitrogen and oxygen atoms in total. The molecule has 1 saturated heterocycles. The van der Waals surface area contributed by atoms with E-state index in [1.807, 2.05) is 4.90 Å². The van der Waals surface area contributed by atoms with Crippen LogP contribution in [0.25, 0.3) is 0 Å². The molecule has 2 aliphatic rings. The maximum Gasteiger partial charge on any atom is 0.236 e. The minimum atomic E-state index is -0.788. The van der Waals surface area contributed by atoms with Crippen LogP contribution in [0, 0.1) is 5.41 Å². The van der Waals surface area contributed by atoms with Gasteiger partial charge in [0.05, 0.1) is 0 Å². The Hall–Kier alpha value is -1.30. The Labute approximate surface area is 127 Å². The Morgan fingerprint density at radius 1 is 1.24 bits per heavy atom. The fraction of sp³-hybridized carbons (Fsp3) is 0.867. The van der Waals surface area contributed by atoms with Gasteiger partial charge < -0.3 is 20.7 Å². The van der Waals surface area contributed by atoms with Crippen molar-refractivity contribution < 1.29 is 10.0 Å². The first kappa shape index (κ1) is 16.1. The summed E-state index contributed by atoms with van der Waals surface area (Å²) in [6.45, 7) is 4.72. The lowest BCUT2D eigenvalue weighted by Gasteiger charge is -2.40. The zero-order valence-electron chi connectivity index (χ0n) is 13.2. The first-order chi connectivity index (χ1) is 10.0. The van der Waals surface area contributed by atoms with Gasteiger partial charge >= 0.3 is 0 Å². The molecule has 2 fully saturated rings. The van der Waals surface area contributed by atoms with Crippen LogP contribution in [0.4, 0.5) is 0 Å². The van der Waals surface area contributed by atoms with Gasteiger partial charge in [-0.2, -0.15) is 0 Å². The predicted octanol–water partition coefficient (Wildman–Crippen LogP) is 1.24. The van der Waals surface area contributed by atoms with E-state index in [1.165, 1.54) is 0 Å². The minimum absolute atomic E-state index is 0.0558. The number of nitrogens with two attached hydrogens (primary N) is 1. The second-order valence-corrected chi connectivity index (χ2v) is 6.59. The molecule has 0 aromatic carbocycles. The van der Waals surface area contributed by atoms with E-state index in [1.54, 1.807) is 0 Å². The quantitative estimate of drug-likeness (QED) is 0.347. The average molecular weight is 296 g/mol. The number of oxime groups is 1. The third-order valence-electron chi connectivity index (χ3n) is 5.02. The second-order valence-electron chi connectivity index (χ2n) is 6.59. The number of hydrogen-bond donors (Lipinski definition) is 2. The van der Waals surface area contributed by atoms with Crippen molar-refractivity contribution in [1.29, 1.82) is 0 Å². The van der Waals surface area contributed by atoms with Crippen molar-refractivity contribution >= 4 is 11.7 Å². The molecule has 21 heavy (non-hydrogen) atoms. The Bertz CT molecular complexity index is 404. The van der Waals surface area contributed by atoms with E-state index in [-0.39, 0.29) is 17.8 Å². The van der Waals surface area contributed by atoms with Gasteiger partial charge in [-0.25, -0.2) is 0 Å². The van der Waals surface area contributed by atoms with Crippen LogP contribution in [0.1, 0.15) is 45.4 Å². The number of carbonyl (C=O) groups excluding carboxylic acids is 1. The van der Waals surface area contributed by atoms with Crippen LogP contribution < -0.4 is 5.73 Å². The lowest BCUT2D eigenvalue weighted by Crippen LogP contribution is -2.55. The maximum absolute atomic E-state index is 13.2. The molecule has 1 unspecified atom stereocenters. The van der Waals surface area contributed by atoms with E-state index >= 15 is 0 Å².